The van der Waals surface area contributed by atoms with Crippen LogP contribution < -0.4 is 10.1 Å². The second kappa shape index (κ2) is 10.1. The van der Waals surface area contributed by atoms with Gasteiger partial charge in [0.05, 0.1) is 31.8 Å². The summed E-state index contributed by atoms with van der Waals surface area (Å²) in [4.78, 5) is 6.02. The molecule has 1 fully saturated rings. The van der Waals surface area contributed by atoms with E-state index in [1.54, 1.807) is 35.4 Å². The quantitative estimate of drug-likeness (QED) is 0.335. The van der Waals surface area contributed by atoms with Crippen molar-refractivity contribution in [2.45, 2.75) is 31.4 Å². The third kappa shape index (κ3) is 5.03. The highest BCUT2D eigenvalue weighted by Gasteiger charge is 2.45. The zero-order chi connectivity index (χ0) is 26.2. The Balaban J connectivity index is 1.44. The number of piperidine rings is 1. The molecule has 37 heavy (non-hydrogen) atoms. The normalized spacial score (nSPS) is 18.2. The molecule has 0 aliphatic carbocycles. The maximum absolute atomic E-state index is 14.9. The van der Waals surface area contributed by atoms with Gasteiger partial charge in [-0.1, -0.05) is 11.3 Å². The van der Waals surface area contributed by atoms with Crippen molar-refractivity contribution < 1.29 is 27.0 Å². The van der Waals surface area contributed by atoms with Crippen LogP contribution in [0.3, 0.4) is 0 Å². The summed E-state index contributed by atoms with van der Waals surface area (Å²) < 4.78 is 68.8. The molecule has 0 amide bonds. The zero-order valence-electron chi connectivity index (χ0n) is 20.2. The van der Waals surface area contributed by atoms with Gasteiger partial charge in [0.15, 0.2) is 0 Å². The lowest BCUT2D eigenvalue weighted by molar-refractivity contribution is -0.0770. The summed E-state index contributed by atoms with van der Waals surface area (Å²) in [6.45, 7) is 0.350. The lowest BCUT2D eigenvalue weighted by Crippen LogP contribution is -2.55. The maximum Gasteiger partial charge on any atom is 0.280 e. The van der Waals surface area contributed by atoms with E-state index in [1.165, 1.54) is 18.7 Å². The van der Waals surface area contributed by atoms with Gasteiger partial charge in [0, 0.05) is 32.0 Å². The Morgan fingerprint density at radius 1 is 1.22 bits per heavy atom. The van der Waals surface area contributed by atoms with Crippen LogP contribution in [0.25, 0.3) is 27.7 Å². The third-order valence-electron chi connectivity index (χ3n) is 6.40. The van der Waals surface area contributed by atoms with Crippen molar-refractivity contribution in [3.05, 3.63) is 30.5 Å². The number of nitrogens with zero attached hydrogens (tertiary/aromatic N) is 7. The molecule has 1 aliphatic heterocycles. The molecule has 10 nitrogen and oxygen atoms in total. The number of anilines is 1. The van der Waals surface area contributed by atoms with E-state index in [9.17, 15) is 17.6 Å². The fourth-order valence-corrected chi connectivity index (χ4v) is 4.58. The maximum atomic E-state index is 14.9. The van der Waals surface area contributed by atoms with E-state index in [0.29, 0.717) is 47.4 Å². The highest BCUT2D eigenvalue weighted by atomic mass is 19.3. The Morgan fingerprint density at radius 3 is 2.78 bits per heavy atom. The summed E-state index contributed by atoms with van der Waals surface area (Å²) in [6.07, 6.45) is -0.712. The van der Waals surface area contributed by atoms with Crippen LogP contribution in [-0.4, -0.2) is 93.3 Å². The molecule has 0 unspecified atom stereocenters. The Kier molecular flexibility index (Phi) is 6.86. The summed E-state index contributed by atoms with van der Waals surface area (Å²) in [7, 11) is 2.97. The second-order valence-corrected chi connectivity index (χ2v) is 8.85. The molecule has 1 aliphatic rings. The molecule has 4 aromatic rings. The number of likely N-dealkylation sites (tertiary alicyclic amines) is 1. The molecule has 0 bridgehead atoms. The molecule has 1 aromatic carbocycles. The minimum atomic E-state index is -3.00. The average Bonchev–Trinajstić information content (AvgIpc) is 3.47. The number of alkyl halides is 4. The fourth-order valence-electron chi connectivity index (χ4n) is 4.58. The van der Waals surface area contributed by atoms with Gasteiger partial charge in [-0.05, 0) is 30.2 Å². The van der Waals surface area contributed by atoms with E-state index >= 15 is 0 Å². The Morgan fingerprint density at radius 2 is 2.05 bits per heavy atom. The van der Waals surface area contributed by atoms with Crippen LogP contribution in [0, 0.1) is 0 Å². The molecular weight excluding hydrogens is 496 g/mol. The highest BCUT2D eigenvalue weighted by molar-refractivity contribution is 5.89. The predicted molar refractivity (Wildman–Crippen MR) is 127 cm³/mol. The van der Waals surface area contributed by atoms with Crippen LogP contribution >= 0.6 is 0 Å². The van der Waals surface area contributed by atoms with Crippen molar-refractivity contribution in [1.82, 2.24) is 34.5 Å². The van der Waals surface area contributed by atoms with Crippen LogP contribution in [0.1, 0.15) is 6.42 Å². The first-order valence-electron chi connectivity index (χ1n) is 11.7. The molecular formula is C23H26F4N8O2. The van der Waals surface area contributed by atoms with Gasteiger partial charge in [0.25, 0.3) is 12.3 Å². The summed E-state index contributed by atoms with van der Waals surface area (Å²) in [5.74, 6) is -2.81. The molecule has 1 saturated heterocycles. The SMILES string of the molecule is COCCN1CC[C@@H](Nc2nc(OC)c3c(-c4ccc5nnn(CC(F)F)c5c4)ccn3n2)C(F)(F)C1. The average molecular weight is 523 g/mol. The standard InChI is InChI=1S/C23H26F4N8O2/c1-36-10-9-33-7-6-18(23(26,27)13-33)28-22-29-21(37-2)20-15(5-8-34(20)31-22)14-3-4-16-17(11-14)35(32-30-16)12-19(24)25/h3-5,8,11,18-19H,6-7,9-10,12-13H2,1-2H3,(H,28,31)/t18-/m1/s1. The van der Waals surface area contributed by atoms with E-state index in [0.717, 1.165) is 4.68 Å². The topological polar surface area (TPSA) is 94.6 Å². The van der Waals surface area contributed by atoms with Crippen LogP contribution in [0.4, 0.5) is 23.5 Å². The summed E-state index contributed by atoms with van der Waals surface area (Å²) in [5.41, 5.74) is 2.80. The van der Waals surface area contributed by atoms with Crippen molar-refractivity contribution in [2.24, 2.45) is 0 Å². The second-order valence-electron chi connectivity index (χ2n) is 8.85. The lowest BCUT2D eigenvalue weighted by atomic mass is 10.0. The summed E-state index contributed by atoms with van der Waals surface area (Å²) in [6, 6.07) is 5.79. The minimum absolute atomic E-state index is 0.0104. The first kappa shape index (κ1) is 25.1. The molecule has 14 heteroatoms. The number of fused-ring (bicyclic) bond motifs is 2. The van der Waals surface area contributed by atoms with E-state index in [-0.39, 0.29) is 24.8 Å². The van der Waals surface area contributed by atoms with Crippen molar-refractivity contribution in [3.8, 4) is 17.0 Å². The number of halogens is 4. The van der Waals surface area contributed by atoms with Gasteiger partial charge in [0.2, 0.25) is 11.8 Å². The van der Waals surface area contributed by atoms with Gasteiger partial charge >= 0.3 is 0 Å². The molecule has 198 valence electrons. The van der Waals surface area contributed by atoms with Gasteiger partial charge in [-0.3, -0.25) is 4.90 Å². The Hall–Kier alpha value is -3.52. The van der Waals surface area contributed by atoms with E-state index in [1.807, 2.05) is 0 Å². The molecule has 3 aromatic heterocycles. The first-order chi connectivity index (χ1) is 17.8. The number of nitrogens with one attached hydrogen (secondary N) is 1. The molecule has 4 heterocycles. The fraction of sp³-hybridized carbons (Fsp3) is 0.478. The molecule has 1 atom stereocenters. The highest BCUT2D eigenvalue weighted by Crippen LogP contribution is 2.34. The monoisotopic (exact) mass is 522 g/mol. The molecule has 0 saturated carbocycles. The Bertz CT molecular complexity index is 1390. The van der Waals surface area contributed by atoms with Gasteiger partial charge in [-0.2, -0.15) is 4.98 Å². The lowest BCUT2D eigenvalue weighted by Gasteiger charge is -2.38. The Labute approximate surface area is 209 Å². The van der Waals surface area contributed by atoms with Crippen LogP contribution in [0.2, 0.25) is 0 Å². The first-order valence-corrected chi connectivity index (χ1v) is 11.7. The van der Waals surface area contributed by atoms with E-state index < -0.39 is 24.9 Å². The number of hydrogen-bond donors (Lipinski definition) is 1. The van der Waals surface area contributed by atoms with Crippen molar-refractivity contribution >= 4 is 22.5 Å². The minimum Gasteiger partial charge on any atom is -0.479 e. The van der Waals surface area contributed by atoms with Crippen LogP contribution in [-0.2, 0) is 11.3 Å². The smallest absolute Gasteiger partial charge is 0.280 e. The van der Waals surface area contributed by atoms with Crippen molar-refractivity contribution in [2.75, 3.05) is 45.8 Å². The molecule has 1 N–H and O–H groups in total. The number of benzene rings is 1. The zero-order valence-corrected chi connectivity index (χ0v) is 20.2. The van der Waals surface area contributed by atoms with Crippen molar-refractivity contribution in [3.63, 3.8) is 0 Å². The van der Waals surface area contributed by atoms with Gasteiger partial charge < -0.3 is 14.8 Å². The molecule has 0 spiro atoms. The van der Waals surface area contributed by atoms with E-state index in [4.69, 9.17) is 9.47 Å². The van der Waals surface area contributed by atoms with E-state index in [2.05, 4.69) is 25.7 Å². The number of methoxy groups -OCH3 is 2. The molecule has 5 rings (SSSR count). The third-order valence-corrected chi connectivity index (χ3v) is 6.40. The van der Waals surface area contributed by atoms with Crippen LogP contribution in [0.5, 0.6) is 5.88 Å². The number of rotatable bonds is 9. The number of ether oxygens (including phenoxy) is 2. The summed E-state index contributed by atoms with van der Waals surface area (Å²) in [5, 5.41) is 14.9. The van der Waals surface area contributed by atoms with Gasteiger partial charge in [0.1, 0.15) is 17.6 Å². The predicted octanol–water partition coefficient (Wildman–Crippen LogP) is 3.18. The number of hydrogen-bond acceptors (Lipinski definition) is 8. The van der Waals surface area contributed by atoms with Gasteiger partial charge in [-0.15, -0.1) is 10.2 Å². The molecule has 0 radical (unpaired) electrons. The van der Waals surface area contributed by atoms with Gasteiger partial charge in [-0.25, -0.2) is 26.8 Å². The van der Waals surface area contributed by atoms with Crippen molar-refractivity contribution in [1.29, 1.82) is 0 Å². The number of aromatic nitrogens is 6. The summed E-state index contributed by atoms with van der Waals surface area (Å²) >= 11 is 0. The largest absolute Gasteiger partial charge is 0.479 e. The van der Waals surface area contributed by atoms with Crippen LogP contribution in [0.15, 0.2) is 30.5 Å².